The molecule has 0 saturated carbocycles. The Hall–Kier alpha value is -2.93. The SMILES string of the molecule is Cn1cnnc1SCc1ccc(C(=O)N/N=C2\CCc3ccccc32)cc1. The van der Waals surface area contributed by atoms with Gasteiger partial charge >= 0.3 is 0 Å². The van der Waals surface area contributed by atoms with Gasteiger partial charge in [-0.15, -0.1) is 10.2 Å². The molecule has 1 aromatic heterocycles. The number of hydrazone groups is 1. The first-order valence-electron chi connectivity index (χ1n) is 8.71. The van der Waals surface area contributed by atoms with Crippen molar-refractivity contribution in [2.75, 3.05) is 0 Å². The number of hydrogen-bond acceptors (Lipinski definition) is 5. The van der Waals surface area contributed by atoms with Gasteiger partial charge in [-0.2, -0.15) is 5.10 Å². The van der Waals surface area contributed by atoms with E-state index in [1.165, 1.54) is 5.56 Å². The molecule has 0 unspecified atom stereocenters. The van der Waals surface area contributed by atoms with E-state index in [4.69, 9.17) is 0 Å². The van der Waals surface area contributed by atoms with E-state index >= 15 is 0 Å². The fourth-order valence-electron chi connectivity index (χ4n) is 3.01. The fourth-order valence-corrected chi connectivity index (χ4v) is 3.85. The van der Waals surface area contributed by atoms with Crippen LogP contribution in [0.5, 0.6) is 0 Å². The molecule has 6 nitrogen and oxygen atoms in total. The highest BCUT2D eigenvalue weighted by atomic mass is 32.2. The first-order chi connectivity index (χ1) is 13.2. The van der Waals surface area contributed by atoms with E-state index in [-0.39, 0.29) is 5.91 Å². The maximum Gasteiger partial charge on any atom is 0.271 e. The Morgan fingerprint density at radius 3 is 2.78 bits per heavy atom. The smallest absolute Gasteiger partial charge is 0.271 e. The quantitative estimate of drug-likeness (QED) is 0.547. The van der Waals surface area contributed by atoms with Crippen LogP contribution in [-0.4, -0.2) is 26.4 Å². The predicted molar refractivity (Wildman–Crippen MR) is 106 cm³/mol. The van der Waals surface area contributed by atoms with Gasteiger partial charge in [-0.3, -0.25) is 4.79 Å². The summed E-state index contributed by atoms with van der Waals surface area (Å²) in [5.74, 6) is 0.576. The molecule has 27 heavy (non-hydrogen) atoms. The molecule has 1 N–H and O–H groups in total. The summed E-state index contributed by atoms with van der Waals surface area (Å²) in [5.41, 5.74) is 7.76. The summed E-state index contributed by atoms with van der Waals surface area (Å²) in [7, 11) is 1.92. The molecule has 1 heterocycles. The third kappa shape index (κ3) is 3.93. The number of carbonyl (C=O) groups excluding carboxylic acids is 1. The van der Waals surface area contributed by atoms with Crippen molar-refractivity contribution in [1.82, 2.24) is 20.2 Å². The zero-order valence-corrected chi connectivity index (χ0v) is 15.7. The van der Waals surface area contributed by atoms with Crippen LogP contribution in [0.1, 0.15) is 33.5 Å². The van der Waals surface area contributed by atoms with E-state index < -0.39 is 0 Å². The van der Waals surface area contributed by atoms with Gasteiger partial charge < -0.3 is 4.57 Å². The zero-order valence-electron chi connectivity index (χ0n) is 14.9. The van der Waals surface area contributed by atoms with E-state index in [0.717, 1.165) is 40.6 Å². The number of benzene rings is 2. The average Bonchev–Trinajstić information content (AvgIpc) is 3.31. The fraction of sp³-hybridized carbons (Fsp3) is 0.200. The molecule has 0 atom stereocenters. The normalized spacial score (nSPS) is 14.3. The molecule has 1 amide bonds. The third-order valence-electron chi connectivity index (χ3n) is 4.51. The summed E-state index contributed by atoms with van der Waals surface area (Å²) >= 11 is 1.61. The van der Waals surface area contributed by atoms with Gasteiger partial charge in [-0.05, 0) is 36.1 Å². The van der Waals surface area contributed by atoms with Crippen LogP contribution in [0.3, 0.4) is 0 Å². The summed E-state index contributed by atoms with van der Waals surface area (Å²) in [6.07, 6.45) is 3.51. The van der Waals surface area contributed by atoms with Crippen molar-refractivity contribution >= 4 is 23.4 Å². The molecule has 4 rings (SSSR count). The van der Waals surface area contributed by atoms with Crippen LogP contribution in [0, 0.1) is 0 Å². The first-order valence-corrected chi connectivity index (χ1v) is 9.70. The van der Waals surface area contributed by atoms with Crippen molar-refractivity contribution < 1.29 is 4.79 Å². The maximum absolute atomic E-state index is 12.4. The second-order valence-electron chi connectivity index (χ2n) is 6.37. The summed E-state index contributed by atoms with van der Waals surface area (Å²) in [6, 6.07) is 15.8. The number of amides is 1. The molecule has 0 aliphatic heterocycles. The van der Waals surface area contributed by atoms with E-state index in [1.54, 1.807) is 18.1 Å². The summed E-state index contributed by atoms with van der Waals surface area (Å²) in [6.45, 7) is 0. The van der Waals surface area contributed by atoms with Crippen molar-refractivity contribution in [3.8, 4) is 0 Å². The Morgan fingerprint density at radius 1 is 1.19 bits per heavy atom. The van der Waals surface area contributed by atoms with Crippen molar-refractivity contribution in [1.29, 1.82) is 0 Å². The maximum atomic E-state index is 12.4. The number of hydrogen-bond donors (Lipinski definition) is 1. The second-order valence-corrected chi connectivity index (χ2v) is 7.31. The van der Waals surface area contributed by atoms with Crippen LogP contribution >= 0.6 is 11.8 Å². The monoisotopic (exact) mass is 377 g/mol. The molecule has 1 aliphatic rings. The third-order valence-corrected chi connectivity index (χ3v) is 5.61. The van der Waals surface area contributed by atoms with Gasteiger partial charge in [-0.25, -0.2) is 5.43 Å². The van der Waals surface area contributed by atoms with Gasteiger partial charge in [0.25, 0.3) is 5.91 Å². The molecule has 0 radical (unpaired) electrons. The van der Waals surface area contributed by atoms with Gasteiger partial charge in [-0.1, -0.05) is 48.2 Å². The van der Waals surface area contributed by atoms with Gasteiger partial charge in [0.1, 0.15) is 6.33 Å². The van der Waals surface area contributed by atoms with Gasteiger partial charge in [0, 0.05) is 23.9 Å². The van der Waals surface area contributed by atoms with Crippen LogP contribution in [0.25, 0.3) is 0 Å². The Kier molecular flexibility index (Phi) is 5.02. The Labute approximate surface area is 161 Å². The highest BCUT2D eigenvalue weighted by Gasteiger charge is 2.17. The molecule has 3 aromatic rings. The summed E-state index contributed by atoms with van der Waals surface area (Å²) in [5, 5.41) is 13.1. The molecule has 0 bridgehead atoms. The number of nitrogens with zero attached hydrogens (tertiary/aromatic N) is 4. The molecule has 0 spiro atoms. The van der Waals surface area contributed by atoms with Crippen molar-refractivity contribution in [3.63, 3.8) is 0 Å². The van der Waals surface area contributed by atoms with Crippen LogP contribution in [0.2, 0.25) is 0 Å². The lowest BCUT2D eigenvalue weighted by Gasteiger charge is -2.05. The zero-order chi connectivity index (χ0) is 18.6. The van der Waals surface area contributed by atoms with E-state index in [9.17, 15) is 4.79 Å². The minimum absolute atomic E-state index is 0.195. The van der Waals surface area contributed by atoms with Crippen LogP contribution in [0.4, 0.5) is 0 Å². The van der Waals surface area contributed by atoms with Crippen molar-refractivity contribution in [2.24, 2.45) is 12.1 Å². The number of rotatable bonds is 5. The number of fused-ring (bicyclic) bond motifs is 1. The standard InChI is InChI=1S/C20H19N5OS/c1-25-13-21-24-20(25)27-12-14-6-8-16(9-7-14)19(26)23-22-18-11-10-15-4-2-3-5-17(15)18/h2-9,13H,10-12H2,1H3,(H,23,26)/b22-18+. The number of aryl methyl sites for hydroxylation is 2. The Bertz CT molecular complexity index is 994. The summed E-state index contributed by atoms with van der Waals surface area (Å²) < 4.78 is 1.88. The lowest BCUT2D eigenvalue weighted by molar-refractivity contribution is 0.0955. The van der Waals surface area contributed by atoms with Gasteiger partial charge in [0.2, 0.25) is 0 Å². The molecular formula is C20H19N5OS. The molecule has 0 saturated heterocycles. The van der Waals surface area contributed by atoms with Crippen molar-refractivity contribution in [2.45, 2.75) is 23.8 Å². The Balaban J connectivity index is 1.37. The molecule has 7 heteroatoms. The summed E-state index contributed by atoms with van der Waals surface area (Å²) in [4.78, 5) is 12.4. The van der Waals surface area contributed by atoms with E-state index in [0.29, 0.717) is 5.56 Å². The van der Waals surface area contributed by atoms with E-state index in [2.05, 4.69) is 32.9 Å². The topological polar surface area (TPSA) is 72.2 Å². The largest absolute Gasteiger partial charge is 0.312 e. The second kappa shape index (κ2) is 7.75. The van der Waals surface area contributed by atoms with Gasteiger partial charge in [0.15, 0.2) is 5.16 Å². The van der Waals surface area contributed by atoms with Crippen LogP contribution < -0.4 is 5.43 Å². The molecule has 1 aliphatic carbocycles. The lowest BCUT2D eigenvalue weighted by Crippen LogP contribution is -2.19. The lowest BCUT2D eigenvalue weighted by atomic mass is 10.1. The Morgan fingerprint density at radius 2 is 2.00 bits per heavy atom. The minimum atomic E-state index is -0.195. The average molecular weight is 377 g/mol. The molecular weight excluding hydrogens is 358 g/mol. The van der Waals surface area contributed by atoms with Crippen LogP contribution in [-0.2, 0) is 19.2 Å². The molecule has 2 aromatic carbocycles. The number of carbonyl (C=O) groups is 1. The van der Waals surface area contributed by atoms with Gasteiger partial charge in [0.05, 0.1) is 5.71 Å². The minimum Gasteiger partial charge on any atom is -0.312 e. The molecule has 136 valence electrons. The van der Waals surface area contributed by atoms with E-state index in [1.807, 2.05) is 48.0 Å². The number of aromatic nitrogens is 3. The highest BCUT2D eigenvalue weighted by molar-refractivity contribution is 7.98. The first kappa shape index (κ1) is 17.5. The molecule has 0 fully saturated rings. The highest BCUT2D eigenvalue weighted by Crippen LogP contribution is 2.22. The van der Waals surface area contributed by atoms with Crippen LogP contribution in [0.15, 0.2) is 65.1 Å². The number of nitrogens with one attached hydrogen (secondary N) is 1. The number of thioether (sulfide) groups is 1. The van der Waals surface area contributed by atoms with Crippen molar-refractivity contribution in [3.05, 3.63) is 77.1 Å². The predicted octanol–water partition coefficient (Wildman–Crippen LogP) is 3.19.